The van der Waals surface area contributed by atoms with Crippen LogP contribution in [0.5, 0.6) is 0 Å². The number of thioether (sulfide) groups is 1. The van der Waals surface area contributed by atoms with Gasteiger partial charge in [-0.2, -0.15) is 0 Å². The molecule has 0 aromatic heterocycles. The highest BCUT2D eigenvalue weighted by molar-refractivity contribution is 8.02. The van der Waals surface area contributed by atoms with Crippen LogP contribution in [0, 0.1) is 25.7 Å². The van der Waals surface area contributed by atoms with E-state index in [2.05, 4.69) is 13.2 Å². The van der Waals surface area contributed by atoms with Crippen LogP contribution in [-0.2, 0) is 14.4 Å². The third-order valence-electron chi connectivity index (χ3n) is 7.94. The van der Waals surface area contributed by atoms with E-state index >= 15 is 0 Å². The molecule has 1 spiro atoms. The predicted molar refractivity (Wildman–Crippen MR) is 144 cm³/mol. The standard InChI is InChI=1S/C28H37N3O4S/c1-6-14-29(5)25(33)21-20-12-13-28(36-20)22(21)26(34)31(16-9-17-32)24(28)27(35)30(15-7-2)23-18(3)10-8-11-19(23)4/h6-8,10-11,20-22,24,32H,1-2,9,12-17H2,3-5H3/t20-,21+,22-,24?,28?/m0/s1. The average Bonchev–Trinajstić information content (AvgIpc) is 3.48. The molecule has 7 nitrogen and oxygen atoms in total. The van der Waals surface area contributed by atoms with Gasteiger partial charge in [-0.05, 0) is 44.2 Å². The number of likely N-dealkylation sites (N-methyl/N-ethyl adjacent to an activating group) is 1. The quantitative estimate of drug-likeness (QED) is 0.489. The summed E-state index contributed by atoms with van der Waals surface area (Å²) >= 11 is 1.67. The minimum atomic E-state index is -0.696. The number of nitrogens with zero attached hydrogens (tertiary/aromatic N) is 3. The van der Waals surface area contributed by atoms with E-state index in [1.807, 2.05) is 32.0 Å². The van der Waals surface area contributed by atoms with Gasteiger partial charge in [-0.1, -0.05) is 30.4 Å². The Morgan fingerprint density at radius 3 is 2.47 bits per heavy atom. The van der Waals surface area contributed by atoms with Crippen molar-refractivity contribution in [1.82, 2.24) is 9.80 Å². The van der Waals surface area contributed by atoms with Crippen LogP contribution in [0.3, 0.4) is 0 Å². The van der Waals surface area contributed by atoms with E-state index in [0.717, 1.165) is 23.2 Å². The Balaban J connectivity index is 1.79. The van der Waals surface area contributed by atoms with Gasteiger partial charge < -0.3 is 19.8 Å². The van der Waals surface area contributed by atoms with E-state index in [1.165, 1.54) is 0 Å². The molecule has 1 aromatic carbocycles. The number of aryl methyl sites for hydroxylation is 2. The Labute approximate surface area is 218 Å². The summed E-state index contributed by atoms with van der Waals surface area (Å²) in [6.07, 6.45) is 5.29. The molecule has 2 unspecified atom stereocenters. The van der Waals surface area contributed by atoms with Gasteiger partial charge in [0.1, 0.15) is 6.04 Å². The average molecular weight is 512 g/mol. The second-order valence-corrected chi connectivity index (χ2v) is 11.8. The SMILES string of the molecule is C=CCN(C)C(=O)[C@@H]1[C@@H]2CCC3(S2)C(C(=O)N(CC=C)c2c(C)cccc2C)N(CCCO)C(=O)[C@H]13. The first-order valence-corrected chi connectivity index (χ1v) is 13.5. The van der Waals surface area contributed by atoms with Crippen LogP contribution in [0.4, 0.5) is 5.69 Å². The molecule has 1 aromatic rings. The molecule has 3 heterocycles. The second kappa shape index (κ2) is 10.4. The number of carbonyl (C=O) groups is 3. The summed E-state index contributed by atoms with van der Waals surface area (Å²) in [5, 5.41) is 9.58. The monoisotopic (exact) mass is 511 g/mol. The van der Waals surface area contributed by atoms with Crippen molar-refractivity contribution in [2.24, 2.45) is 11.8 Å². The first kappa shape index (κ1) is 26.5. The molecule has 194 valence electrons. The van der Waals surface area contributed by atoms with Crippen LogP contribution in [-0.4, -0.2) is 82.0 Å². The van der Waals surface area contributed by atoms with Gasteiger partial charge in [0, 0.05) is 44.2 Å². The van der Waals surface area contributed by atoms with Crippen molar-refractivity contribution in [3.63, 3.8) is 0 Å². The highest BCUT2D eigenvalue weighted by atomic mass is 32.2. The Morgan fingerprint density at radius 2 is 1.86 bits per heavy atom. The topological polar surface area (TPSA) is 81.2 Å². The summed E-state index contributed by atoms with van der Waals surface area (Å²) < 4.78 is -0.653. The van der Waals surface area contributed by atoms with Crippen LogP contribution in [0.2, 0.25) is 0 Å². The van der Waals surface area contributed by atoms with Gasteiger partial charge in [0.15, 0.2) is 0 Å². The Morgan fingerprint density at radius 1 is 1.19 bits per heavy atom. The fourth-order valence-electron chi connectivity index (χ4n) is 6.53. The number of rotatable bonds is 10. The van der Waals surface area contributed by atoms with Gasteiger partial charge in [-0.15, -0.1) is 24.9 Å². The highest BCUT2D eigenvalue weighted by Crippen LogP contribution is 2.66. The number of benzene rings is 1. The second-order valence-electron chi connectivity index (χ2n) is 10.2. The molecule has 1 N–H and O–H groups in total. The number of likely N-dealkylation sites (tertiary alicyclic amines) is 1. The zero-order valence-electron chi connectivity index (χ0n) is 21.5. The lowest BCUT2D eigenvalue weighted by molar-refractivity contribution is -0.143. The number of aliphatic hydroxyl groups is 1. The molecule has 8 heteroatoms. The van der Waals surface area contributed by atoms with Gasteiger partial charge in [0.25, 0.3) is 5.91 Å². The lowest BCUT2D eigenvalue weighted by Crippen LogP contribution is -2.55. The maximum absolute atomic E-state index is 14.5. The molecule has 3 fully saturated rings. The normalized spacial score (nSPS) is 28.2. The number of carbonyl (C=O) groups excluding carboxylic acids is 3. The van der Waals surface area contributed by atoms with Crippen LogP contribution in [0.25, 0.3) is 0 Å². The zero-order valence-corrected chi connectivity index (χ0v) is 22.3. The number of anilines is 1. The third kappa shape index (κ3) is 4.08. The van der Waals surface area contributed by atoms with E-state index in [4.69, 9.17) is 0 Å². The number of aliphatic hydroxyl groups excluding tert-OH is 1. The fourth-order valence-corrected chi connectivity index (χ4v) is 8.74. The van der Waals surface area contributed by atoms with E-state index < -0.39 is 22.6 Å². The van der Waals surface area contributed by atoms with Crippen LogP contribution >= 0.6 is 11.8 Å². The predicted octanol–water partition coefficient (Wildman–Crippen LogP) is 2.94. The Kier molecular flexibility index (Phi) is 7.67. The minimum absolute atomic E-state index is 0.0158. The highest BCUT2D eigenvalue weighted by Gasteiger charge is 2.74. The number of hydrogen-bond acceptors (Lipinski definition) is 5. The van der Waals surface area contributed by atoms with Gasteiger partial charge >= 0.3 is 0 Å². The molecular formula is C28H37N3O4S. The molecule has 3 aliphatic rings. The summed E-state index contributed by atoms with van der Waals surface area (Å²) in [4.78, 5) is 47.0. The van der Waals surface area contributed by atoms with Crippen molar-refractivity contribution < 1.29 is 19.5 Å². The first-order valence-electron chi connectivity index (χ1n) is 12.7. The number of para-hydroxylation sites is 1. The van der Waals surface area contributed by atoms with E-state index in [-0.39, 0.29) is 36.1 Å². The molecule has 4 rings (SSSR count). The molecule has 0 radical (unpaired) electrons. The lowest BCUT2D eigenvalue weighted by Gasteiger charge is -2.38. The molecule has 36 heavy (non-hydrogen) atoms. The van der Waals surface area contributed by atoms with Crippen molar-refractivity contribution >= 4 is 35.2 Å². The lowest BCUT2D eigenvalue weighted by atomic mass is 9.70. The van der Waals surface area contributed by atoms with Crippen molar-refractivity contribution in [2.45, 2.75) is 49.1 Å². The van der Waals surface area contributed by atoms with Gasteiger partial charge in [0.05, 0.1) is 16.6 Å². The zero-order chi connectivity index (χ0) is 26.2. The maximum Gasteiger partial charge on any atom is 0.251 e. The molecule has 3 saturated heterocycles. The number of amides is 3. The van der Waals surface area contributed by atoms with E-state index in [9.17, 15) is 19.5 Å². The molecule has 0 aliphatic carbocycles. The van der Waals surface area contributed by atoms with E-state index in [1.54, 1.807) is 45.7 Å². The molecular weight excluding hydrogens is 474 g/mol. The smallest absolute Gasteiger partial charge is 0.251 e. The number of hydrogen-bond donors (Lipinski definition) is 1. The summed E-state index contributed by atoms with van der Waals surface area (Å²) in [5.74, 6) is -1.33. The third-order valence-corrected chi connectivity index (χ3v) is 9.89. The first-order chi connectivity index (χ1) is 17.2. The summed E-state index contributed by atoms with van der Waals surface area (Å²) in [7, 11) is 1.74. The fraction of sp³-hybridized carbons (Fsp3) is 0.536. The Hall–Kier alpha value is -2.58. The molecule has 2 bridgehead atoms. The largest absolute Gasteiger partial charge is 0.396 e. The van der Waals surface area contributed by atoms with Crippen molar-refractivity contribution in [1.29, 1.82) is 0 Å². The summed E-state index contributed by atoms with van der Waals surface area (Å²) in [6.45, 7) is 12.5. The van der Waals surface area contributed by atoms with Gasteiger partial charge in [-0.25, -0.2) is 0 Å². The minimum Gasteiger partial charge on any atom is -0.396 e. The summed E-state index contributed by atoms with van der Waals surface area (Å²) in [5.41, 5.74) is 2.80. The van der Waals surface area contributed by atoms with Gasteiger partial charge in [0.2, 0.25) is 11.8 Å². The van der Waals surface area contributed by atoms with Crippen molar-refractivity contribution in [3.05, 3.63) is 54.6 Å². The van der Waals surface area contributed by atoms with Crippen LogP contribution < -0.4 is 4.90 Å². The van der Waals surface area contributed by atoms with Crippen molar-refractivity contribution in [2.75, 3.05) is 38.2 Å². The molecule has 0 saturated carbocycles. The molecule has 5 atom stereocenters. The van der Waals surface area contributed by atoms with Gasteiger partial charge in [-0.3, -0.25) is 14.4 Å². The maximum atomic E-state index is 14.5. The summed E-state index contributed by atoms with van der Waals surface area (Å²) in [6, 6.07) is 5.24. The van der Waals surface area contributed by atoms with Crippen molar-refractivity contribution in [3.8, 4) is 0 Å². The van der Waals surface area contributed by atoms with Crippen LogP contribution in [0.1, 0.15) is 30.4 Å². The molecule has 3 aliphatic heterocycles. The number of fused-ring (bicyclic) bond motifs is 1. The van der Waals surface area contributed by atoms with E-state index in [0.29, 0.717) is 25.9 Å². The van der Waals surface area contributed by atoms with Crippen LogP contribution in [0.15, 0.2) is 43.5 Å². The Bertz CT molecular complexity index is 1050. The molecule has 3 amide bonds.